The van der Waals surface area contributed by atoms with E-state index in [0.29, 0.717) is 35.8 Å². The maximum atomic E-state index is 12.9. The van der Waals surface area contributed by atoms with Crippen molar-refractivity contribution in [2.45, 2.75) is 6.18 Å². The average molecular weight is 420 g/mol. The van der Waals surface area contributed by atoms with Gasteiger partial charge in [0.1, 0.15) is 17.9 Å². The van der Waals surface area contributed by atoms with Crippen LogP contribution in [0, 0.1) is 0 Å². The second-order valence-electron chi connectivity index (χ2n) is 7.19. The molecule has 1 fully saturated rings. The van der Waals surface area contributed by atoms with E-state index in [0.717, 1.165) is 31.9 Å². The maximum Gasteiger partial charge on any atom is 0.449 e. The van der Waals surface area contributed by atoms with Crippen LogP contribution in [0.15, 0.2) is 36.4 Å². The minimum Gasteiger partial charge on any atom is -0.490 e. The second kappa shape index (κ2) is 7.94. The van der Waals surface area contributed by atoms with Crippen molar-refractivity contribution in [3.8, 4) is 5.75 Å². The summed E-state index contributed by atoms with van der Waals surface area (Å²) in [7, 11) is 0. The Labute approximate surface area is 171 Å². The van der Waals surface area contributed by atoms with Crippen LogP contribution in [-0.2, 0) is 6.18 Å². The molecule has 0 radical (unpaired) electrons. The lowest BCUT2D eigenvalue weighted by molar-refractivity contribution is -0.144. The lowest BCUT2D eigenvalue weighted by Gasteiger charge is -2.36. The van der Waals surface area contributed by atoms with Crippen LogP contribution in [0.2, 0.25) is 0 Å². The third-order valence-electron chi connectivity index (χ3n) is 5.24. The first kappa shape index (κ1) is 20.1. The Hall–Kier alpha value is -3.14. The second-order valence-corrected chi connectivity index (χ2v) is 7.19. The highest BCUT2D eigenvalue weighted by molar-refractivity contribution is 5.82. The largest absolute Gasteiger partial charge is 0.490 e. The molecule has 30 heavy (non-hydrogen) atoms. The summed E-state index contributed by atoms with van der Waals surface area (Å²) in [4.78, 5) is 10.4. The molecule has 160 valence electrons. The van der Waals surface area contributed by atoms with Gasteiger partial charge in [-0.2, -0.15) is 13.2 Å². The molecule has 1 aliphatic heterocycles. The molecule has 7 nitrogen and oxygen atoms in total. The summed E-state index contributed by atoms with van der Waals surface area (Å²) in [6.45, 7) is 4.26. The van der Waals surface area contributed by atoms with E-state index in [1.54, 1.807) is 24.3 Å². The van der Waals surface area contributed by atoms with Gasteiger partial charge in [0.25, 0.3) is 0 Å². The predicted molar refractivity (Wildman–Crippen MR) is 111 cm³/mol. The summed E-state index contributed by atoms with van der Waals surface area (Å²) in [5.41, 5.74) is 14.6. The number of halogens is 3. The number of ether oxygens (including phenoxy) is 1. The molecule has 0 unspecified atom stereocenters. The maximum absolute atomic E-state index is 12.9. The molecule has 1 aromatic heterocycles. The van der Waals surface area contributed by atoms with E-state index in [1.807, 2.05) is 12.1 Å². The van der Waals surface area contributed by atoms with E-state index in [1.165, 1.54) is 0 Å². The third-order valence-corrected chi connectivity index (χ3v) is 5.24. The Kier molecular flexibility index (Phi) is 5.33. The van der Waals surface area contributed by atoms with Gasteiger partial charge in [-0.3, -0.25) is 4.90 Å². The van der Waals surface area contributed by atoms with Gasteiger partial charge < -0.3 is 26.1 Å². The molecule has 2 heterocycles. The van der Waals surface area contributed by atoms with Crippen molar-refractivity contribution in [2.24, 2.45) is 0 Å². The average Bonchev–Trinajstić information content (AvgIpc) is 3.17. The Morgan fingerprint density at radius 2 is 1.77 bits per heavy atom. The molecule has 0 spiro atoms. The number of nitrogen functional groups attached to an aromatic ring is 2. The van der Waals surface area contributed by atoms with Gasteiger partial charge >= 0.3 is 6.18 Å². The normalized spacial score (nSPS) is 15.6. The van der Waals surface area contributed by atoms with Gasteiger partial charge in [0, 0.05) is 32.7 Å². The van der Waals surface area contributed by atoms with Crippen molar-refractivity contribution in [3.05, 3.63) is 42.2 Å². The molecule has 0 saturated carbocycles. The van der Waals surface area contributed by atoms with Gasteiger partial charge in [-0.25, -0.2) is 4.98 Å². The standard InChI is InChI=1S/C20H23F3N6O/c21-20(22,23)19-26-14-4-2-6-16(18(14)27-19)30-12-11-28-7-9-29(10-8-28)15-5-1-3-13(24)17(15)25/h1-6H,7-12,24-25H2,(H,26,27). The first-order chi connectivity index (χ1) is 14.3. The minimum absolute atomic E-state index is 0.187. The highest BCUT2D eigenvalue weighted by atomic mass is 19.4. The SMILES string of the molecule is Nc1cccc(N2CCN(CCOc3cccc4[nH]c(C(F)(F)F)nc34)CC2)c1N. The van der Waals surface area contributed by atoms with Crippen LogP contribution in [0.25, 0.3) is 11.0 Å². The third kappa shape index (κ3) is 4.09. The molecule has 1 aliphatic rings. The van der Waals surface area contributed by atoms with Crippen molar-refractivity contribution in [3.63, 3.8) is 0 Å². The van der Waals surface area contributed by atoms with Gasteiger partial charge in [0.05, 0.1) is 22.6 Å². The van der Waals surface area contributed by atoms with Crippen LogP contribution >= 0.6 is 0 Å². The fourth-order valence-corrected chi connectivity index (χ4v) is 3.60. The molecular weight excluding hydrogens is 397 g/mol. The minimum atomic E-state index is -4.53. The molecule has 3 aromatic rings. The van der Waals surface area contributed by atoms with Crippen molar-refractivity contribution in [2.75, 3.05) is 55.7 Å². The lowest BCUT2D eigenvalue weighted by atomic mass is 10.2. The number of fused-ring (bicyclic) bond motifs is 1. The van der Waals surface area contributed by atoms with Gasteiger partial charge in [-0.05, 0) is 24.3 Å². The quantitative estimate of drug-likeness (QED) is 0.550. The zero-order valence-corrected chi connectivity index (χ0v) is 16.2. The number of para-hydroxylation sites is 2. The van der Waals surface area contributed by atoms with Crippen LogP contribution in [-0.4, -0.2) is 54.2 Å². The first-order valence-electron chi connectivity index (χ1n) is 9.63. The number of H-pyrrole nitrogens is 1. The number of nitrogens with two attached hydrogens (primary N) is 2. The fourth-order valence-electron chi connectivity index (χ4n) is 3.60. The van der Waals surface area contributed by atoms with E-state index in [2.05, 4.69) is 19.8 Å². The Morgan fingerprint density at radius 1 is 1.03 bits per heavy atom. The zero-order chi connectivity index (χ0) is 21.3. The van der Waals surface area contributed by atoms with Gasteiger partial charge in [-0.1, -0.05) is 12.1 Å². The number of benzene rings is 2. The number of aromatic amines is 1. The van der Waals surface area contributed by atoms with E-state index in [4.69, 9.17) is 16.2 Å². The molecule has 10 heteroatoms. The van der Waals surface area contributed by atoms with E-state index in [9.17, 15) is 13.2 Å². The fraction of sp³-hybridized carbons (Fsp3) is 0.350. The van der Waals surface area contributed by atoms with Crippen LogP contribution in [0.3, 0.4) is 0 Å². The molecule has 0 atom stereocenters. The summed E-state index contributed by atoms with van der Waals surface area (Å²) in [5.74, 6) is -0.684. The van der Waals surface area contributed by atoms with E-state index in [-0.39, 0.29) is 5.52 Å². The summed E-state index contributed by atoms with van der Waals surface area (Å²) >= 11 is 0. The predicted octanol–water partition coefficient (Wildman–Crippen LogP) is 2.95. The van der Waals surface area contributed by atoms with Gasteiger partial charge in [-0.15, -0.1) is 0 Å². The van der Waals surface area contributed by atoms with Crippen molar-refractivity contribution >= 4 is 28.1 Å². The number of alkyl halides is 3. The number of nitrogens with one attached hydrogen (secondary N) is 1. The monoisotopic (exact) mass is 420 g/mol. The van der Waals surface area contributed by atoms with E-state index >= 15 is 0 Å². The van der Waals surface area contributed by atoms with Gasteiger partial charge in [0.15, 0.2) is 0 Å². The number of hydrogen-bond donors (Lipinski definition) is 3. The molecule has 5 N–H and O–H groups in total. The van der Waals surface area contributed by atoms with Crippen LogP contribution in [0.1, 0.15) is 5.82 Å². The summed E-state index contributed by atoms with van der Waals surface area (Å²) in [6, 6.07) is 10.5. The van der Waals surface area contributed by atoms with Crippen LogP contribution in [0.5, 0.6) is 5.75 Å². The molecule has 4 rings (SSSR count). The summed E-state index contributed by atoms with van der Waals surface area (Å²) in [6.07, 6.45) is -4.53. The summed E-state index contributed by atoms with van der Waals surface area (Å²) in [5, 5.41) is 0. The van der Waals surface area contributed by atoms with E-state index < -0.39 is 12.0 Å². The highest BCUT2D eigenvalue weighted by Crippen LogP contribution is 2.32. The number of hydrogen-bond acceptors (Lipinski definition) is 6. The molecule has 2 aromatic carbocycles. The molecule has 0 amide bonds. The Bertz CT molecular complexity index is 1030. The zero-order valence-electron chi connectivity index (χ0n) is 16.2. The van der Waals surface area contributed by atoms with Gasteiger partial charge in [0.2, 0.25) is 5.82 Å². The highest BCUT2D eigenvalue weighted by Gasteiger charge is 2.35. The number of imidazole rings is 1. The Morgan fingerprint density at radius 3 is 2.50 bits per heavy atom. The number of anilines is 3. The van der Waals surface area contributed by atoms with Crippen molar-refractivity contribution in [1.29, 1.82) is 0 Å². The number of rotatable bonds is 5. The van der Waals surface area contributed by atoms with Crippen molar-refractivity contribution in [1.82, 2.24) is 14.9 Å². The first-order valence-corrected chi connectivity index (χ1v) is 9.63. The van der Waals surface area contributed by atoms with Crippen molar-refractivity contribution < 1.29 is 17.9 Å². The molecule has 1 saturated heterocycles. The molecular formula is C20H23F3N6O. The topological polar surface area (TPSA) is 96.4 Å². The van der Waals surface area contributed by atoms with Crippen LogP contribution in [0.4, 0.5) is 30.2 Å². The molecule has 0 aliphatic carbocycles. The smallest absolute Gasteiger partial charge is 0.449 e. The lowest BCUT2D eigenvalue weighted by Crippen LogP contribution is -2.47. The van der Waals surface area contributed by atoms with Crippen LogP contribution < -0.4 is 21.1 Å². The number of aromatic nitrogens is 2. The Balaban J connectivity index is 1.33. The molecule has 0 bridgehead atoms. The summed E-state index contributed by atoms with van der Waals surface area (Å²) < 4.78 is 44.4. The number of piperazine rings is 1. The number of nitrogens with zero attached hydrogens (tertiary/aromatic N) is 3.